The summed E-state index contributed by atoms with van der Waals surface area (Å²) in [5.41, 5.74) is 3.29. The first kappa shape index (κ1) is 17.3. The van der Waals surface area contributed by atoms with Gasteiger partial charge in [-0.1, -0.05) is 18.2 Å². The minimum Gasteiger partial charge on any atom is -0.312 e. The van der Waals surface area contributed by atoms with Gasteiger partial charge in [0.25, 0.3) is 0 Å². The molecular formula is C21H28N4O. The molecular weight excluding hydrogens is 324 g/mol. The minimum absolute atomic E-state index is 0.158. The number of para-hydroxylation sites is 1. The van der Waals surface area contributed by atoms with E-state index in [0.717, 1.165) is 63.2 Å². The van der Waals surface area contributed by atoms with Gasteiger partial charge in [-0.25, -0.2) is 0 Å². The van der Waals surface area contributed by atoms with Crippen molar-refractivity contribution in [2.45, 2.75) is 39.2 Å². The van der Waals surface area contributed by atoms with Crippen LogP contribution >= 0.6 is 0 Å². The maximum atomic E-state index is 13.3. The number of anilines is 1. The monoisotopic (exact) mass is 352 g/mol. The summed E-state index contributed by atoms with van der Waals surface area (Å²) in [4.78, 5) is 17.8. The zero-order chi connectivity index (χ0) is 18.1. The fraction of sp³-hybridized carbons (Fsp3) is 0.524. The second-order valence-electron chi connectivity index (χ2n) is 7.87. The molecule has 3 heterocycles. The highest BCUT2D eigenvalue weighted by Gasteiger charge is 2.45. The number of aryl methyl sites for hydroxylation is 2. The normalized spacial score (nSPS) is 20.7. The quantitative estimate of drug-likeness (QED) is 0.852. The van der Waals surface area contributed by atoms with Gasteiger partial charge in [-0.2, -0.15) is 5.10 Å². The lowest BCUT2D eigenvalue weighted by Crippen LogP contribution is -2.53. The van der Waals surface area contributed by atoms with Gasteiger partial charge in [-0.3, -0.25) is 14.4 Å². The number of amides is 1. The molecule has 1 spiro atoms. The van der Waals surface area contributed by atoms with Crippen molar-refractivity contribution < 1.29 is 4.79 Å². The Morgan fingerprint density at radius 1 is 1.08 bits per heavy atom. The van der Waals surface area contributed by atoms with Crippen molar-refractivity contribution in [1.29, 1.82) is 0 Å². The summed E-state index contributed by atoms with van der Waals surface area (Å²) in [5, 5.41) is 4.44. The van der Waals surface area contributed by atoms with Crippen LogP contribution in [0.1, 0.15) is 36.9 Å². The summed E-state index contributed by atoms with van der Waals surface area (Å²) >= 11 is 0. The lowest BCUT2D eigenvalue weighted by molar-refractivity contribution is -0.133. The highest BCUT2D eigenvalue weighted by molar-refractivity contribution is 5.98. The molecule has 1 amide bonds. The second-order valence-corrected chi connectivity index (χ2v) is 7.87. The summed E-state index contributed by atoms with van der Waals surface area (Å²) in [6.45, 7) is 5.84. The molecule has 0 bridgehead atoms. The molecule has 5 heteroatoms. The molecule has 2 fully saturated rings. The van der Waals surface area contributed by atoms with Gasteiger partial charge in [-0.05, 0) is 57.8 Å². The molecule has 5 nitrogen and oxygen atoms in total. The Morgan fingerprint density at radius 3 is 2.46 bits per heavy atom. The van der Waals surface area contributed by atoms with Crippen LogP contribution in [0.5, 0.6) is 0 Å². The van der Waals surface area contributed by atoms with E-state index in [9.17, 15) is 4.79 Å². The van der Waals surface area contributed by atoms with Crippen LogP contribution in [0.4, 0.5) is 5.69 Å². The third-order valence-electron chi connectivity index (χ3n) is 6.13. The van der Waals surface area contributed by atoms with Gasteiger partial charge in [-0.15, -0.1) is 0 Å². The topological polar surface area (TPSA) is 41.4 Å². The first-order valence-electron chi connectivity index (χ1n) is 9.66. The van der Waals surface area contributed by atoms with Crippen LogP contribution < -0.4 is 4.90 Å². The van der Waals surface area contributed by atoms with Gasteiger partial charge in [0.15, 0.2) is 0 Å². The second kappa shape index (κ2) is 6.88. The maximum Gasteiger partial charge on any atom is 0.233 e. The van der Waals surface area contributed by atoms with Crippen molar-refractivity contribution in [3.8, 4) is 0 Å². The smallest absolute Gasteiger partial charge is 0.233 e. The van der Waals surface area contributed by atoms with Crippen molar-refractivity contribution in [3.05, 3.63) is 47.8 Å². The summed E-state index contributed by atoms with van der Waals surface area (Å²) in [6.07, 6.45) is 6.18. The molecule has 2 aliphatic heterocycles. The van der Waals surface area contributed by atoms with Crippen molar-refractivity contribution in [2.75, 3.05) is 24.5 Å². The summed E-state index contributed by atoms with van der Waals surface area (Å²) in [7, 11) is 1.97. The van der Waals surface area contributed by atoms with Crippen molar-refractivity contribution in [1.82, 2.24) is 14.7 Å². The zero-order valence-corrected chi connectivity index (χ0v) is 15.8. The largest absolute Gasteiger partial charge is 0.312 e. The number of carbonyl (C=O) groups excluding carboxylic acids is 1. The first-order valence-corrected chi connectivity index (χ1v) is 9.66. The summed E-state index contributed by atoms with van der Waals surface area (Å²) in [5.74, 6) is 0.340. The average Bonchev–Trinajstić information content (AvgIpc) is 2.97. The van der Waals surface area contributed by atoms with Gasteiger partial charge in [0.2, 0.25) is 5.91 Å². The van der Waals surface area contributed by atoms with Crippen molar-refractivity contribution in [3.63, 3.8) is 0 Å². The number of benzene rings is 1. The standard InChI is InChI=1S/C21H28N4O/c1-17-18(15-23(2)22-17)16-24-13-10-21(11-14-24)9-6-12-25(20(21)26)19-7-4-3-5-8-19/h3-5,7-8,15H,6,9-14,16H2,1-2H3. The molecule has 138 valence electrons. The minimum atomic E-state index is -0.158. The first-order chi connectivity index (χ1) is 12.6. The maximum absolute atomic E-state index is 13.3. The lowest BCUT2D eigenvalue weighted by Gasteiger charge is -2.46. The van der Waals surface area contributed by atoms with Crippen LogP contribution in [0.15, 0.2) is 36.5 Å². The molecule has 0 N–H and O–H groups in total. The molecule has 0 aliphatic carbocycles. The molecule has 0 saturated carbocycles. The Balaban J connectivity index is 1.44. The van der Waals surface area contributed by atoms with Crippen LogP contribution in [0.2, 0.25) is 0 Å². The van der Waals surface area contributed by atoms with E-state index >= 15 is 0 Å². The molecule has 1 aromatic heterocycles. The highest BCUT2D eigenvalue weighted by Crippen LogP contribution is 2.42. The predicted molar refractivity (Wildman–Crippen MR) is 103 cm³/mol. The Morgan fingerprint density at radius 2 is 1.81 bits per heavy atom. The van der Waals surface area contributed by atoms with E-state index in [-0.39, 0.29) is 5.41 Å². The number of rotatable bonds is 3. The third-order valence-corrected chi connectivity index (χ3v) is 6.13. The SMILES string of the molecule is Cc1nn(C)cc1CN1CCC2(CCCN(c3ccccc3)C2=O)CC1. The molecule has 0 atom stereocenters. The number of hydrogen-bond donors (Lipinski definition) is 0. The van der Waals surface area contributed by atoms with Gasteiger partial charge >= 0.3 is 0 Å². The van der Waals surface area contributed by atoms with E-state index in [1.807, 2.05) is 34.8 Å². The highest BCUT2D eigenvalue weighted by atomic mass is 16.2. The zero-order valence-electron chi connectivity index (χ0n) is 15.8. The number of nitrogens with zero attached hydrogens (tertiary/aromatic N) is 4. The van der Waals surface area contributed by atoms with Crippen LogP contribution in [0, 0.1) is 12.3 Å². The summed E-state index contributed by atoms with van der Waals surface area (Å²) in [6, 6.07) is 10.1. The molecule has 2 aromatic rings. The lowest BCUT2D eigenvalue weighted by atomic mass is 9.71. The van der Waals surface area contributed by atoms with Gasteiger partial charge in [0, 0.05) is 37.6 Å². The van der Waals surface area contributed by atoms with E-state index in [1.54, 1.807) is 0 Å². The number of piperidine rings is 2. The Kier molecular flexibility index (Phi) is 4.57. The van der Waals surface area contributed by atoms with Crippen molar-refractivity contribution in [2.24, 2.45) is 12.5 Å². The van der Waals surface area contributed by atoms with Gasteiger partial charge in [0.05, 0.1) is 11.1 Å². The van der Waals surface area contributed by atoms with Crippen LogP contribution in [0.25, 0.3) is 0 Å². The molecule has 2 aliphatic rings. The van der Waals surface area contributed by atoms with Crippen LogP contribution in [0.3, 0.4) is 0 Å². The molecule has 1 aromatic carbocycles. The number of carbonyl (C=O) groups is 1. The summed E-state index contributed by atoms with van der Waals surface area (Å²) < 4.78 is 1.89. The Bertz CT molecular complexity index is 775. The van der Waals surface area contributed by atoms with E-state index in [2.05, 4.69) is 35.3 Å². The molecule has 4 rings (SSSR count). The third kappa shape index (κ3) is 3.16. The predicted octanol–water partition coefficient (Wildman–Crippen LogP) is 3.14. The average molecular weight is 352 g/mol. The number of likely N-dealkylation sites (tertiary alicyclic amines) is 1. The number of hydrogen-bond acceptors (Lipinski definition) is 3. The number of aromatic nitrogens is 2. The molecule has 2 saturated heterocycles. The fourth-order valence-electron chi connectivity index (χ4n) is 4.57. The van der Waals surface area contributed by atoms with E-state index in [0.29, 0.717) is 5.91 Å². The molecule has 0 unspecified atom stereocenters. The van der Waals surface area contributed by atoms with Gasteiger partial charge < -0.3 is 4.90 Å². The van der Waals surface area contributed by atoms with E-state index in [4.69, 9.17) is 0 Å². The fourth-order valence-corrected chi connectivity index (χ4v) is 4.57. The van der Waals surface area contributed by atoms with Crippen LogP contribution in [-0.2, 0) is 18.4 Å². The van der Waals surface area contributed by atoms with Gasteiger partial charge in [0.1, 0.15) is 0 Å². The molecule has 0 radical (unpaired) electrons. The van der Waals surface area contributed by atoms with Crippen molar-refractivity contribution >= 4 is 11.6 Å². The van der Waals surface area contributed by atoms with E-state index in [1.165, 1.54) is 5.56 Å². The Labute approximate surface area is 155 Å². The Hall–Kier alpha value is -2.14. The van der Waals surface area contributed by atoms with E-state index < -0.39 is 0 Å². The molecule has 26 heavy (non-hydrogen) atoms. The van der Waals surface area contributed by atoms with Crippen LogP contribution in [-0.4, -0.2) is 40.2 Å².